The third kappa shape index (κ3) is 3.14. The molecule has 7 nitrogen and oxygen atoms in total. The first kappa shape index (κ1) is 15.8. The van der Waals surface area contributed by atoms with Crippen LogP contribution in [0.25, 0.3) is 11.1 Å². The van der Waals surface area contributed by atoms with Crippen LogP contribution in [0.4, 0.5) is 11.6 Å². The number of nitrogens with one attached hydrogen (secondary N) is 1. The van der Waals surface area contributed by atoms with Crippen LogP contribution < -0.4 is 10.1 Å². The number of benzene rings is 1. The number of rotatable bonds is 4. The molecule has 0 saturated carbocycles. The SMILES string of the molecule is COc1cc(Nc2ncc(C#N)c(Cl)n2)ccc1-c1cnn(C)c1. The number of hydrogen-bond donors (Lipinski definition) is 1. The summed E-state index contributed by atoms with van der Waals surface area (Å²) in [5, 5.41) is 16.2. The van der Waals surface area contributed by atoms with Gasteiger partial charge in [-0.25, -0.2) is 4.98 Å². The number of anilines is 2. The Bertz CT molecular complexity index is 931. The molecule has 2 heterocycles. The van der Waals surface area contributed by atoms with E-state index < -0.39 is 0 Å². The zero-order valence-corrected chi connectivity index (χ0v) is 13.7. The van der Waals surface area contributed by atoms with E-state index in [1.807, 2.05) is 37.5 Å². The van der Waals surface area contributed by atoms with E-state index in [1.54, 1.807) is 18.0 Å². The lowest BCUT2D eigenvalue weighted by atomic mass is 10.1. The minimum Gasteiger partial charge on any atom is -0.496 e. The first-order valence-corrected chi connectivity index (χ1v) is 7.35. The lowest BCUT2D eigenvalue weighted by Gasteiger charge is -2.10. The Hall–Kier alpha value is -3.11. The van der Waals surface area contributed by atoms with E-state index in [2.05, 4.69) is 20.4 Å². The second-order valence-corrected chi connectivity index (χ2v) is 5.31. The van der Waals surface area contributed by atoms with Crippen LogP contribution in [0, 0.1) is 11.3 Å². The van der Waals surface area contributed by atoms with Crippen molar-refractivity contribution in [2.24, 2.45) is 7.05 Å². The fourth-order valence-corrected chi connectivity index (χ4v) is 2.36. The van der Waals surface area contributed by atoms with Crippen LogP contribution in [0.2, 0.25) is 5.15 Å². The molecule has 120 valence electrons. The van der Waals surface area contributed by atoms with Crippen molar-refractivity contribution in [2.75, 3.05) is 12.4 Å². The van der Waals surface area contributed by atoms with E-state index in [4.69, 9.17) is 21.6 Å². The second-order valence-electron chi connectivity index (χ2n) is 4.95. The van der Waals surface area contributed by atoms with Crippen LogP contribution in [0.1, 0.15) is 5.56 Å². The van der Waals surface area contributed by atoms with Gasteiger partial charge in [0.05, 0.1) is 19.5 Å². The van der Waals surface area contributed by atoms with Gasteiger partial charge >= 0.3 is 0 Å². The molecule has 0 spiro atoms. The van der Waals surface area contributed by atoms with Crippen LogP contribution in [0.3, 0.4) is 0 Å². The third-order valence-corrected chi connectivity index (χ3v) is 3.62. The number of ether oxygens (including phenoxy) is 1. The van der Waals surface area contributed by atoms with E-state index >= 15 is 0 Å². The van der Waals surface area contributed by atoms with Crippen molar-refractivity contribution >= 4 is 23.2 Å². The third-order valence-electron chi connectivity index (χ3n) is 3.34. The molecule has 3 rings (SSSR count). The van der Waals surface area contributed by atoms with Crippen LogP contribution in [-0.2, 0) is 7.05 Å². The van der Waals surface area contributed by atoms with Gasteiger partial charge in [-0.15, -0.1) is 0 Å². The number of nitriles is 1. The molecule has 2 aromatic heterocycles. The van der Waals surface area contributed by atoms with Crippen molar-refractivity contribution in [3.63, 3.8) is 0 Å². The summed E-state index contributed by atoms with van der Waals surface area (Å²) in [6, 6.07) is 7.55. The Labute approximate surface area is 143 Å². The summed E-state index contributed by atoms with van der Waals surface area (Å²) < 4.78 is 7.19. The monoisotopic (exact) mass is 340 g/mol. The van der Waals surface area contributed by atoms with Gasteiger partial charge in [0.1, 0.15) is 17.4 Å². The maximum absolute atomic E-state index is 8.85. The Morgan fingerprint density at radius 3 is 2.79 bits per heavy atom. The molecule has 8 heteroatoms. The topological polar surface area (TPSA) is 88.7 Å². The highest BCUT2D eigenvalue weighted by atomic mass is 35.5. The van der Waals surface area contributed by atoms with Crippen LogP contribution >= 0.6 is 11.6 Å². The molecule has 0 unspecified atom stereocenters. The lowest BCUT2D eigenvalue weighted by molar-refractivity contribution is 0.416. The van der Waals surface area contributed by atoms with Gasteiger partial charge in [-0.05, 0) is 12.1 Å². The van der Waals surface area contributed by atoms with Gasteiger partial charge in [0.2, 0.25) is 5.95 Å². The average molecular weight is 341 g/mol. The standard InChI is InChI=1S/C16H13ClN6O/c1-23-9-11(8-20-23)13-4-3-12(5-14(13)24-2)21-16-19-7-10(6-18)15(17)22-16/h3-5,7-9H,1-2H3,(H,19,21,22). The minimum absolute atomic E-state index is 0.106. The lowest BCUT2D eigenvalue weighted by Crippen LogP contribution is -1.99. The molecule has 0 atom stereocenters. The van der Waals surface area contributed by atoms with Crippen molar-refractivity contribution in [2.45, 2.75) is 0 Å². The number of methoxy groups -OCH3 is 1. The summed E-state index contributed by atoms with van der Waals surface area (Å²) in [6.07, 6.45) is 5.06. The van der Waals surface area contributed by atoms with Crippen LogP contribution in [0.15, 0.2) is 36.8 Å². The van der Waals surface area contributed by atoms with Crippen LogP contribution in [-0.4, -0.2) is 26.9 Å². The molecular weight excluding hydrogens is 328 g/mol. The predicted octanol–water partition coefficient (Wildman–Crippen LogP) is 3.15. The number of aromatic nitrogens is 4. The van der Waals surface area contributed by atoms with Crippen molar-refractivity contribution in [1.82, 2.24) is 19.7 Å². The first-order chi connectivity index (χ1) is 11.6. The summed E-state index contributed by atoms with van der Waals surface area (Å²) in [5.41, 5.74) is 2.85. The summed E-state index contributed by atoms with van der Waals surface area (Å²) in [4.78, 5) is 8.11. The summed E-state index contributed by atoms with van der Waals surface area (Å²) >= 11 is 5.91. The van der Waals surface area contributed by atoms with Gasteiger partial charge in [-0.2, -0.15) is 15.3 Å². The average Bonchev–Trinajstić information content (AvgIpc) is 3.01. The Morgan fingerprint density at radius 2 is 2.17 bits per heavy atom. The normalized spacial score (nSPS) is 10.2. The van der Waals surface area contributed by atoms with Gasteiger partial charge < -0.3 is 10.1 Å². The summed E-state index contributed by atoms with van der Waals surface area (Å²) in [7, 11) is 3.46. The fraction of sp³-hybridized carbons (Fsp3) is 0.125. The summed E-state index contributed by atoms with van der Waals surface area (Å²) in [6.45, 7) is 0. The van der Waals surface area contributed by atoms with Gasteiger partial charge in [-0.1, -0.05) is 11.6 Å². The van der Waals surface area contributed by atoms with E-state index in [0.29, 0.717) is 11.7 Å². The van der Waals surface area contributed by atoms with Crippen LogP contribution in [0.5, 0.6) is 5.75 Å². The van der Waals surface area contributed by atoms with Gasteiger partial charge in [0.25, 0.3) is 0 Å². The molecule has 0 saturated heterocycles. The van der Waals surface area contributed by atoms with Crippen molar-refractivity contribution in [3.8, 4) is 22.9 Å². The molecule has 0 aliphatic carbocycles. The Balaban J connectivity index is 1.90. The zero-order valence-electron chi connectivity index (χ0n) is 13.0. The Morgan fingerprint density at radius 1 is 1.33 bits per heavy atom. The predicted molar refractivity (Wildman–Crippen MR) is 90.2 cm³/mol. The number of hydrogen-bond acceptors (Lipinski definition) is 6. The molecule has 1 aromatic carbocycles. The quantitative estimate of drug-likeness (QED) is 0.734. The molecule has 0 aliphatic rings. The molecule has 0 amide bonds. The number of halogens is 1. The molecule has 0 bridgehead atoms. The van der Waals surface area contributed by atoms with E-state index in [1.165, 1.54) is 6.20 Å². The highest BCUT2D eigenvalue weighted by Crippen LogP contribution is 2.32. The molecule has 3 aromatic rings. The number of aryl methyl sites for hydroxylation is 1. The molecule has 24 heavy (non-hydrogen) atoms. The maximum Gasteiger partial charge on any atom is 0.228 e. The van der Waals surface area contributed by atoms with Gasteiger partial charge in [0.15, 0.2) is 5.15 Å². The van der Waals surface area contributed by atoms with Gasteiger partial charge in [0, 0.05) is 36.1 Å². The van der Waals surface area contributed by atoms with E-state index in [9.17, 15) is 0 Å². The largest absolute Gasteiger partial charge is 0.496 e. The fourth-order valence-electron chi connectivity index (χ4n) is 2.19. The van der Waals surface area contributed by atoms with E-state index in [0.717, 1.165) is 16.8 Å². The van der Waals surface area contributed by atoms with Crippen molar-refractivity contribution in [1.29, 1.82) is 5.26 Å². The molecule has 0 aliphatic heterocycles. The highest BCUT2D eigenvalue weighted by Gasteiger charge is 2.10. The molecule has 0 fully saturated rings. The van der Waals surface area contributed by atoms with Crippen molar-refractivity contribution in [3.05, 3.63) is 47.5 Å². The smallest absolute Gasteiger partial charge is 0.228 e. The highest BCUT2D eigenvalue weighted by molar-refractivity contribution is 6.30. The van der Waals surface area contributed by atoms with E-state index in [-0.39, 0.29) is 10.7 Å². The molecule has 0 radical (unpaired) electrons. The first-order valence-electron chi connectivity index (χ1n) is 6.97. The van der Waals surface area contributed by atoms with Crippen molar-refractivity contribution < 1.29 is 4.74 Å². The second kappa shape index (κ2) is 6.56. The van der Waals surface area contributed by atoms with Gasteiger partial charge in [-0.3, -0.25) is 4.68 Å². The minimum atomic E-state index is 0.106. The molecular formula is C16H13ClN6O. The number of nitrogens with zero attached hydrogens (tertiary/aromatic N) is 5. The molecule has 1 N–H and O–H groups in total. The zero-order chi connectivity index (χ0) is 17.1. The summed E-state index contributed by atoms with van der Waals surface area (Å²) in [5.74, 6) is 0.989. The maximum atomic E-state index is 8.85. The Kier molecular flexibility index (Phi) is 4.31.